The Bertz CT molecular complexity index is 651. The number of carbonyl (C=O) groups excluding carboxylic acids is 2. The summed E-state index contributed by atoms with van der Waals surface area (Å²) in [5, 5.41) is 2.92. The standard InChI is InChI=1S/C17H24N4O3/c22-15-14(7-5-8-18-15)16(23)19-13-6-1-2-11-21(12-13)17(24)20-9-3-4-10-20/h5,7-8,13H,1-4,6,9-12H2,(H,18,22)(H,19,23). The molecule has 7 nitrogen and oxygen atoms in total. The van der Waals surface area contributed by atoms with Crippen LogP contribution in [0.5, 0.6) is 0 Å². The molecule has 0 saturated carbocycles. The number of rotatable bonds is 2. The first-order valence-corrected chi connectivity index (χ1v) is 8.67. The van der Waals surface area contributed by atoms with Gasteiger partial charge < -0.3 is 20.1 Å². The van der Waals surface area contributed by atoms with Gasteiger partial charge >= 0.3 is 6.03 Å². The van der Waals surface area contributed by atoms with Gasteiger partial charge in [-0.3, -0.25) is 9.59 Å². The highest BCUT2D eigenvalue weighted by atomic mass is 16.2. The molecule has 0 aliphatic carbocycles. The van der Waals surface area contributed by atoms with Crippen LogP contribution in [0.1, 0.15) is 42.5 Å². The Morgan fingerprint density at radius 1 is 1.08 bits per heavy atom. The van der Waals surface area contributed by atoms with Gasteiger partial charge in [-0.1, -0.05) is 0 Å². The van der Waals surface area contributed by atoms with Crippen molar-refractivity contribution in [1.82, 2.24) is 20.1 Å². The number of hydrogen-bond acceptors (Lipinski definition) is 3. The van der Waals surface area contributed by atoms with Crippen molar-refractivity contribution in [3.63, 3.8) is 0 Å². The number of urea groups is 1. The number of carbonyl (C=O) groups is 2. The van der Waals surface area contributed by atoms with Crippen LogP contribution in [0.4, 0.5) is 4.79 Å². The molecule has 7 heteroatoms. The maximum Gasteiger partial charge on any atom is 0.320 e. The second-order valence-corrected chi connectivity index (χ2v) is 6.50. The first-order valence-electron chi connectivity index (χ1n) is 8.67. The van der Waals surface area contributed by atoms with Gasteiger partial charge in [0, 0.05) is 38.4 Å². The summed E-state index contributed by atoms with van der Waals surface area (Å²) in [7, 11) is 0. The monoisotopic (exact) mass is 332 g/mol. The van der Waals surface area contributed by atoms with Crippen molar-refractivity contribution in [2.24, 2.45) is 0 Å². The number of likely N-dealkylation sites (tertiary alicyclic amines) is 2. The molecule has 130 valence electrons. The molecule has 2 aliphatic heterocycles. The third-order valence-corrected chi connectivity index (χ3v) is 4.72. The lowest BCUT2D eigenvalue weighted by Gasteiger charge is -2.29. The zero-order valence-corrected chi connectivity index (χ0v) is 13.8. The Morgan fingerprint density at radius 3 is 2.54 bits per heavy atom. The van der Waals surface area contributed by atoms with Crippen LogP contribution in [0, 0.1) is 0 Å². The minimum absolute atomic E-state index is 0.0752. The Labute approximate surface area is 141 Å². The van der Waals surface area contributed by atoms with Crippen LogP contribution in [0.25, 0.3) is 0 Å². The summed E-state index contributed by atoms with van der Waals surface area (Å²) in [4.78, 5) is 42.9. The van der Waals surface area contributed by atoms with E-state index in [-0.39, 0.29) is 23.5 Å². The normalized spacial score (nSPS) is 21.4. The highest BCUT2D eigenvalue weighted by Crippen LogP contribution is 2.16. The van der Waals surface area contributed by atoms with E-state index in [1.54, 1.807) is 6.07 Å². The zero-order chi connectivity index (χ0) is 16.9. The molecule has 0 spiro atoms. The van der Waals surface area contributed by atoms with Crippen LogP contribution in [0.3, 0.4) is 0 Å². The summed E-state index contributed by atoms with van der Waals surface area (Å²) in [6.45, 7) is 2.89. The highest BCUT2D eigenvalue weighted by Gasteiger charge is 2.28. The van der Waals surface area contributed by atoms with Crippen molar-refractivity contribution in [2.45, 2.75) is 38.1 Å². The highest BCUT2D eigenvalue weighted by molar-refractivity contribution is 5.94. The Kier molecular flexibility index (Phi) is 5.17. The molecule has 2 aliphatic rings. The summed E-state index contributed by atoms with van der Waals surface area (Å²) < 4.78 is 0. The molecule has 0 aromatic carbocycles. The number of H-pyrrole nitrogens is 1. The number of aromatic nitrogens is 1. The molecule has 2 N–H and O–H groups in total. The molecule has 1 aromatic heterocycles. The van der Waals surface area contributed by atoms with E-state index >= 15 is 0 Å². The van der Waals surface area contributed by atoms with E-state index in [1.165, 1.54) is 12.3 Å². The van der Waals surface area contributed by atoms with Gasteiger partial charge in [0.15, 0.2) is 0 Å². The van der Waals surface area contributed by atoms with Crippen LogP contribution < -0.4 is 10.9 Å². The van der Waals surface area contributed by atoms with Gasteiger partial charge in [0.2, 0.25) is 0 Å². The summed E-state index contributed by atoms with van der Waals surface area (Å²) in [5.41, 5.74) is -0.284. The zero-order valence-electron chi connectivity index (χ0n) is 13.8. The van der Waals surface area contributed by atoms with Gasteiger partial charge in [-0.2, -0.15) is 0 Å². The van der Waals surface area contributed by atoms with Gasteiger partial charge in [-0.25, -0.2) is 4.79 Å². The molecule has 1 atom stereocenters. The largest absolute Gasteiger partial charge is 0.347 e. The predicted octanol–water partition coefficient (Wildman–Crippen LogP) is 1.18. The number of aromatic amines is 1. The third kappa shape index (κ3) is 3.77. The van der Waals surface area contributed by atoms with Gasteiger partial charge in [0.1, 0.15) is 5.56 Å². The first-order chi connectivity index (χ1) is 11.6. The minimum Gasteiger partial charge on any atom is -0.347 e. The fourth-order valence-corrected chi connectivity index (χ4v) is 3.41. The van der Waals surface area contributed by atoms with E-state index in [4.69, 9.17) is 0 Å². The van der Waals surface area contributed by atoms with Crippen LogP contribution >= 0.6 is 0 Å². The van der Waals surface area contributed by atoms with Crippen LogP contribution in [0.2, 0.25) is 0 Å². The molecular weight excluding hydrogens is 308 g/mol. The topological polar surface area (TPSA) is 85.5 Å². The van der Waals surface area contributed by atoms with Crippen molar-refractivity contribution < 1.29 is 9.59 Å². The average molecular weight is 332 g/mol. The summed E-state index contributed by atoms with van der Waals surface area (Å²) >= 11 is 0. The van der Waals surface area contributed by atoms with E-state index in [9.17, 15) is 14.4 Å². The predicted molar refractivity (Wildman–Crippen MR) is 89.9 cm³/mol. The molecule has 2 fully saturated rings. The molecule has 0 bridgehead atoms. The van der Waals surface area contributed by atoms with E-state index in [0.29, 0.717) is 6.54 Å². The lowest BCUT2D eigenvalue weighted by molar-refractivity contribution is 0.0923. The second-order valence-electron chi connectivity index (χ2n) is 6.50. The molecule has 1 unspecified atom stereocenters. The van der Waals surface area contributed by atoms with Crippen molar-refractivity contribution >= 4 is 11.9 Å². The Balaban J connectivity index is 1.64. The number of nitrogens with zero attached hydrogens (tertiary/aromatic N) is 2. The van der Waals surface area contributed by atoms with Gasteiger partial charge in [0.05, 0.1) is 0 Å². The molecular formula is C17H24N4O3. The van der Waals surface area contributed by atoms with E-state index in [0.717, 1.165) is 51.7 Å². The van der Waals surface area contributed by atoms with Crippen molar-refractivity contribution in [3.8, 4) is 0 Å². The quantitative estimate of drug-likeness (QED) is 0.852. The molecule has 1 aromatic rings. The second kappa shape index (κ2) is 7.51. The molecule has 3 rings (SSSR count). The smallest absolute Gasteiger partial charge is 0.320 e. The van der Waals surface area contributed by atoms with Crippen molar-refractivity contribution in [2.75, 3.05) is 26.2 Å². The maximum atomic E-state index is 12.6. The van der Waals surface area contributed by atoms with Crippen molar-refractivity contribution in [1.29, 1.82) is 0 Å². The first kappa shape index (κ1) is 16.5. The number of amides is 3. The van der Waals surface area contributed by atoms with Crippen LogP contribution in [-0.2, 0) is 0 Å². The van der Waals surface area contributed by atoms with Gasteiger partial charge in [-0.15, -0.1) is 0 Å². The number of nitrogens with one attached hydrogen (secondary N) is 2. The third-order valence-electron chi connectivity index (χ3n) is 4.72. The summed E-state index contributed by atoms with van der Waals surface area (Å²) in [6, 6.07) is 3.10. The lowest BCUT2D eigenvalue weighted by Crippen LogP contribution is -2.49. The Hall–Kier alpha value is -2.31. The van der Waals surface area contributed by atoms with E-state index < -0.39 is 5.56 Å². The fourth-order valence-electron chi connectivity index (χ4n) is 3.41. The lowest BCUT2D eigenvalue weighted by atomic mass is 10.1. The average Bonchev–Trinajstić information content (AvgIpc) is 3.02. The fraction of sp³-hybridized carbons (Fsp3) is 0.588. The summed E-state index contributed by atoms with van der Waals surface area (Å²) in [6.07, 6.45) is 6.35. The van der Waals surface area contributed by atoms with Gasteiger partial charge in [0.25, 0.3) is 11.5 Å². The molecule has 2 saturated heterocycles. The van der Waals surface area contributed by atoms with E-state index in [1.807, 2.05) is 9.80 Å². The van der Waals surface area contributed by atoms with Gasteiger partial charge in [-0.05, 0) is 44.2 Å². The Morgan fingerprint density at radius 2 is 1.79 bits per heavy atom. The van der Waals surface area contributed by atoms with Crippen LogP contribution in [-0.4, -0.2) is 58.9 Å². The molecule has 0 radical (unpaired) electrons. The molecule has 3 heterocycles. The SMILES string of the molecule is O=C(NC1CCCCN(C(=O)N2CCCC2)C1)c1ccc[nH]c1=O. The molecule has 24 heavy (non-hydrogen) atoms. The number of hydrogen-bond donors (Lipinski definition) is 2. The summed E-state index contributed by atoms with van der Waals surface area (Å²) in [5.74, 6) is -0.377. The van der Waals surface area contributed by atoms with Crippen LogP contribution in [0.15, 0.2) is 23.1 Å². The van der Waals surface area contributed by atoms with Crippen molar-refractivity contribution in [3.05, 3.63) is 34.2 Å². The number of pyridine rings is 1. The minimum atomic E-state index is -0.395. The maximum absolute atomic E-state index is 12.6. The van der Waals surface area contributed by atoms with E-state index in [2.05, 4.69) is 10.3 Å². The molecule has 3 amide bonds.